The third-order valence-electron chi connectivity index (χ3n) is 2.39. The average Bonchev–Trinajstić information content (AvgIpc) is 2.29. The van der Waals surface area contributed by atoms with Crippen LogP contribution in [0.1, 0.15) is 12.5 Å². The number of nitrogens with two attached hydrogens (primary N) is 1. The van der Waals surface area contributed by atoms with Crippen LogP contribution in [0.25, 0.3) is 0 Å². The number of nitro benzene ring substituents is 1. The van der Waals surface area contributed by atoms with Crippen LogP contribution in [-0.4, -0.2) is 25.4 Å². The highest BCUT2D eigenvalue weighted by Gasteiger charge is 2.26. The van der Waals surface area contributed by atoms with Crippen molar-refractivity contribution in [3.05, 3.63) is 27.8 Å². The standard InChI is InChI=1S/C10H11ClN2O6S/c1-5-3-7(13(15)16)4-8(20(11,17)18)9(5)19-6(2)10(12)14/h3-4,6H,1-2H3,(H2,12,14). The van der Waals surface area contributed by atoms with Gasteiger partial charge in [0.2, 0.25) is 0 Å². The number of ether oxygens (including phenoxy) is 1. The Morgan fingerprint density at radius 2 is 2.05 bits per heavy atom. The van der Waals surface area contributed by atoms with E-state index in [1.165, 1.54) is 13.8 Å². The van der Waals surface area contributed by atoms with Gasteiger partial charge in [-0.1, -0.05) is 0 Å². The summed E-state index contributed by atoms with van der Waals surface area (Å²) in [7, 11) is 0.936. The number of rotatable bonds is 5. The predicted octanol–water partition coefficient (Wildman–Crippen LogP) is 1.08. The first kappa shape index (κ1) is 16.2. The first-order valence-electron chi connectivity index (χ1n) is 5.23. The molecule has 10 heteroatoms. The molecule has 1 atom stereocenters. The summed E-state index contributed by atoms with van der Waals surface area (Å²) in [4.78, 5) is 20.3. The largest absolute Gasteiger partial charge is 0.479 e. The lowest BCUT2D eigenvalue weighted by Gasteiger charge is -2.15. The Bertz CT molecular complexity index is 673. The third kappa shape index (κ3) is 3.58. The summed E-state index contributed by atoms with van der Waals surface area (Å²) in [5, 5.41) is 10.7. The molecule has 1 unspecified atom stereocenters. The SMILES string of the molecule is Cc1cc([N+](=O)[O-])cc(S(=O)(=O)Cl)c1OC(C)C(N)=O. The van der Waals surface area contributed by atoms with Crippen LogP contribution in [0.15, 0.2) is 17.0 Å². The molecule has 0 saturated carbocycles. The van der Waals surface area contributed by atoms with E-state index >= 15 is 0 Å². The van der Waals surface area contributed by atoms with Crippen molar-refractivity contribution in [3.8, 4) is 5.75 Å². The van der Waals surface area contributed by atoms with Gasteiger partial charge in [0, 0.05) is 22.8 Å². The smallest absolute Gasteiger partial charge is 0.271 e. The molecule has 0 heterocycles. The van der Waals surface area contributed by atoms with Crippen molar-refractivity contribution in [1.82, 2.24) is 0 Å². The van der Waals surface area contributed by atoms with Crippen molar-refractivity contribution in [1.29, 1.82) is 0 Å². The number of hydrogen-bond acceptors (Lipinski definition) is 6. The van der Waals surface area contributed by atoms with Crippen LogP contribution < -0.4 is 10.5 Å². The van der Waals surface area contributed by atoms with Crippen molar-refractivity contribution in [3.63, 3.8) is 0 Å². The molecule has 0 aromatic heterocycles. The Hall–Kier alpha value is -1.87. The van der Waals surface area contributed by atoms with Crippen molar-refractivity contribution < 1.29 is 22.9 Å². The molecule has 0 spiro atoms. The lowest BCUT2D eigenvalue weighted by Crippen LogP contribution is -2.31. The van der Waals surface area contributed by atoms with Gasteiger partial charge >= 0.3 is 0 Å². The number of aryl methyl sites for hydroxylation is 1. The number of halogens is 1. The molecule has 1 amide bonds. The Morgan fingerprint density at radius 1 is 1.50 bits per heavy atom. The molecule has 0 aliphatic rings. The molecule has 2 N–H and O–H groups in total. The molecule has 0 aliphatic heterocycles. The quantitative estimate of drug-likeness (QED) is 0.490. The molecule has 1 aromatic carbocycles. The Morgan fingerprint density at radius 3 is 2.45 bits per heavy atom. The number of carbonyl (C=O) groups excluding carboxylic acids is 1. The zero-order valence-electron chi connectivity index (χ0n) is 10.5. The van der Waals surface area contributed by atoms with Gasteiger partial charge in [-0.25, -0.2) is 8.42 Å². The first-order chi connectivity index (χ1) is 9.04. The molecule has 0 saturated heterocycles. The molecule has 8 nitrogen and oxygen atoms in total. The van der Waals surface area contributed by atoms with Gasteiger partial charge in [-0.15, -0.1) is 0 Å². The van der Waals surface area contributed by atoms with Gasteiger partial charge in [0.05, 0.1) is 4.92 Å². The van der Waals surface area contributed by atoms with Crippen LogP contribution in [-0.2, 0) is 13.8 Å². The van der Waals surface area contributed by atoms with E-state index in [-0.39, 0.29) is 11.3 Å². The number of primary amides is 1. The molecule has 0 aliphatic carbocycles. The Labute approximate surface area is 119 Å². The first-order valence-corrected chi connectivity index (χ1v) is 7.54. The van der Waals surface area contributed by atoms with E-state index in [9.17, 15) is 23.3 Å². The highest BCUT2D eigenvalue weighted by atomic mass is 35.7. The topological polar surface area (TPSA) is 130 Å². The summed E-state index contributed by atoms with van der Waals surface area (Å²) in [6.45, 7) is 2.70. The fourth-order valence-corrected chi connectivity index (χ4v) is 2.43. The minimum atomic E-state index is -4.29. The molecule has 0 radical (unpaired) electrons. The molecular weight excluding hydrogens is 312 g/mol. The van der Waals surface area contributed by atoms with E-state index in [0.717, 1.165) is 12.1 Å². The zero-order chi connectivity index (χ0) is 15.7. The fraction of sp³-hybridized carbons (Fsp3) is 0.300. The van der Waals surface area contributed by atoms with E-state index in [1.54, 1.807) is 0 Å². The fourth-order valence-electron chi connectivity index (χ4n) is 1.40. The molecule has 1 aromatic rings. The molecule has 20 heavy (non-hydrogen) atoms. The molecular formula is C10H11ClN2O6S. The van der Waals surface area contributed by atoms with Gasteiger partial charge < -0.3 is 10.5 Å². The number of carbonyl (C=O) groups is 1. The lowest BCUT2D eigenvalue weighted by atomic mass is 10.2. The lowest BCUT2D eigenvalue weighted by molar-refractivity contribution is -0.385. The molecule has 1 rings (SSSR count). The second-order valence-electron chi connectivity index (χ2n) is 3.95. The van der Waals surface area contributed by atoms with E-state index in [1.807, 2.05) is 0 Å². The molecule has 0 fully saturated rings. The number of non-ortho nitro benzene ring substituents is 1. The number of amides is 1. The second-order valence-corrected chi connectivity index (χ2v) is 6.48. The highest BCUT2D eigenvalue weighted by molar-refractivity contribution is 8.13. The summed E-state index contributed by atoms with van der Waals surface area (Å²) in [6, 6.07) is 1.87. The number of hydrogen-bond donors (Lipinski definition) is 1. The van der Waals surface area contributed by atoms with Crippen LogP contribution in [0.4, 0.5) is 5.69 Å². The Kier molecular flexibility index (Phi) is 4.56. The predicted molar refractivity (Wildman–Crippen MR) is 70.2 cm³/mol. The van der Waals surface area contributed by atoms with Gasteiger partial charge in [-0.2, -0.15) is 0 Å². The van der Waals surface area contributed by atoms with Gasteiger partial charge in [0.15, 0.2) is 6.10 Å². The monoisotopic (exact) mass is 322 g/mol. The molecule has 110 valence electrons. The number of nitrogens with zero attached hydrogens (tertiary/aromatic N) is 1. The molecule has 0 bridgehead atoms. The summed E-state index contributed by atoms with van der Waals surface area (Å²) in [5.74, 6) is -1.06. The number of nitro groups is 1. The maximum absolute atomic E-state index is 11.5. The van der Waals surface area contributed by atoms with E-state index in [2.05, 4.69) is 0 Å². The maximum atomic E-state index is 11.5. The third-order valence-corrected chi connectivity index (χ3v) is 3.72. The van der Waals surface area contributed by atoms with Gasteiger partial charge in [-0.3, -0.25) is 14.9 Å². The summed E-state index contributed by atoms with van der Waals surface area (Å²) in [5.41, 5.74) is 4.70. The number of benzene rings is 1. The summed E-state index contributed by atoms with van der Waals surface area (Å²) in [6.07, 6.45) is -1.12. The van der Waals surface area contributed by atoms with E-state index in [0.29, 0.717) is 0 Å². The van der Waals surface area contributed by atoms with E-state index < -0.39 is 36.6 Å². The van der Waals surface area contributed by atoms with Crippen molar-refractivity contribution in [2.75, 3.05) is 0 Å². The normalized spacial score (nSPS) is 12.8. The summed E-state index contributed by atoms with van der Waals surface area (Å²) >= 11 is 0. The van der Waals surface area contributed by atoms with E-state index in [4.69, 9.17) is 21.2 Å². The van der Waals surface area contributed by atoms with Crippen LogP contribution >= 0.6 is 10.7 Å². The van der Waals surface area contributed by atoms with Crippen molar-refractivity contribution >= 4 is 31.3 Å². The van der Waals surface area contributed by atoms with Crippen LogP contribution in [0, 0.1) is 17.0 Å². The van der Waals surface area contributed by atoms with Crippen LogP contribution in [0.5, 0.6) is 5.75 Å². The summed E-state index contributed by atoms with van der Waals surface area (Å²) < 4.78 is 28.1. The van der Waals surface area contributed by atoms with Crippen molar-refractivity contribution in [2.24, 2.45) is 5.73 Å². The van der Waals surface area contributed by atoms with Crippen molar-refractivity contribution in [2.45, 2.75) is 24.8 Å². The maximum Gasteiger partial charge on any atom is 0.271 e. The van der Waals surface area contributed by atoms with Gasteiger partial charge in [0.25, 0.3) is 20.6 Å². The Balaban J connectivity index is 3.50. The second kappa shape index (κ2) is 5.63. The minimum Gasteiger partial charge on any atom is -0.479 e. The minimum absolute atomic E-state index is 0.145. The van der Waals surface area contributed by atoms with Gasteiger partial charge in [0.1, 0.15) is 10.6 Å². The van der Waals surface area contributed by atoms with Crippen LogP contribution in [0.2, 0.25) is 0 Å². The highest BCUT2D eigenvalue weighted by Crippen LogP contribution is 2.35. The van der Waals surface area contributed by atoms with Crippen LogP contribution in [0.3, 0.4) is 0 Å². The van der Waals surface area contributed by atoms with Gasteiger partial charge in [-0.05, 0) is 19.4 Å². The zero-order valence-corrected chi connectivity index (χ0v) is 12.1. The average molecular weight is 323 g/mol.